The maximum atomic E-state index is 11.8. The molecule has 0 aromatic heterocycles. The largest absolute Gasteiger partial charge is 0.489 e. The van der Waals surface area contributed by atoms with Gasteiger partial charge in [-0.2, -0.15) is 8.42 Å². The van der Waals surface area contributed by atoms with Crippen LogP contribution < -0.4 is 4.74 Å². The summed E-state index contributed by atoms with van der Waals surface area (Å²) in [6.45, 7) is 4.25. The Kier molecular flexibility index (Phi) is 8.90. The molecule has 2 aromatic rings. The van der Waals surface area contributed by atoms with Crippen LogP contribution in [0.2, 0.25) is 0 Å². The van der Waals surface area contributed by atoms with Gasteiger partial charge in [-0.3, -0.25) is 8.98 Å². The second kappa shape index (κ2) is 11.4. The van der Waals surface area contributed by atoms with Gasteiger partial charge < -0.3 is 9.47 Å². The molecule has 160 valence electrons. The highest BCUT2D eigenvalue weighted by molar-refractivity contribution is 7.85. The average molecular weight is 431 g/mol. The molecule has 0 bridgehead atoms. The Morgan fingerprint density at radius 1 is 1.00 bits per heavy atom. The van der Waals surface area contributed by atoms with Crippen molar-refractivity contribution in [1.29, 1.82) is 0 Å². The fraction of sp³-hybridized carbons (Fsp3) is 0.348. The van der Waals surface area contributed by atoms with Crippen LogP contribution in [0.25, 0.3) is 0 Å². The molecule has 0 amide bonds. The topological polar surface area (TPSA) is 78.9 Å². The van der Waals surface area contributed by atoms with Crippen molar-refractivity contribution in [3.8, 4) is 17.6 Å². The van der Waals surface area contributed by atoms with Gasteiger partial charge in [-0.05, 0) is 42.7 Å². The summed E-state index contributed by atoms with van der Waals surface area (Å²) in [7, 11) is -3.46. The summed E-state index contributed by atoms with van der Waals surface area (Å²) in [4.78, 5) is 11.8. The van der Waals surface area contributed by atoms with E-state index in [-0.39, 0.29) is 24.9 Å². The number of carbonyl (C=O) groups is 1. The molecule has 0 aliphatic rings. The van der Waals surface area contributed by atoms with Gasteiger partial charge in [-0.1, -0.05) is 42.3 Å². The van der Waals surface area contributed by atoms with Crippen molar-refractivity contribution in [2.24, 2.45) is 0 Å². The third-order valence-electron chi connectivity index (χ3n) is 4.15. The van der Waals surface area contributed by atoms with E-state index in [2.05, 4.69) is 11.8 Å². The molecule has 7 heteroatoms. The zero-order valence-corrected chi connectivity index (χ0v) is 18.2. The Labute approximate surface area is 178 Å². The Bertz CT molecular complexity index is 983. The van der Waals surface area contributed by atoms with Crippen molar-refractivity contribution >= 4 is 16.1 Å². The first kappa shape index (κ1) is 23.5. The lowest BCUT2D eigenvalue weighted by molar-refractivity contribution is -0.143. The van der Waals surface area contributed by atoms with Crippen LogP contribution in [-0.4, -0.2) is 27.2 Å². The molecule has 1 atom stereocenters. The standard InChI is InChI=1S/C23H26O6S/c1-4-6-21(15-23(24)27-5-2)20-11-13-22(14-12-20)28-16-18-7-9-19(10-8-18)17-29-30(3,25)26/h7-14,21H,5,15-17H2,1-3H3. The smallest absolute Gasteiger partial charge is 0.307 e. The van der Waals surface area contributed by atoms with Gasteiger partial charge in [0.15, 0.2) is 0 Å². The van der Waals surface area contributed by atoms with Crippen LogP contribution in [0, 0.1) is 11.8 Å². The molecule has 0 N–H and O–H groups in total. The van der Waals surface area contributed by atoms with Crippen LogP contribution in [0.1, 0.15) is 42.9 Å². The first-order valence-electron chi connectivity index (χ1n) is 9.53. The van der Waals surface area contributed by atoms with Crippen LogP contribution in [0.4, 0.5) is 0 Å². The molecule has 0 spiro atoms. The van der Waals surface area contributed by atoms with E-state index < -0.39 is 10.1 Å². The highest BCUT2D eigenvalue weighted by Crippen LogP contribution is 2.23. The summed E-state index contributed by atoms with van der Waals surface area (Å²) < 4.78 is 37.7. The maximum absolute atomic E-state index is 11.8. The summed E-state index contributed by atoms with van der Waals surface area (Å²) in [6.07, 6.45) is 1.23. The molecule has 0 aliphatic heterocycles. The number of ether oxygens (including phenoxy) is 2. The molecular weight excluding hydrogens is 404 g/mol. The Balaban J connectivity index is 1.93. The quantitative estimate of drug-likeness (QED) is 0.324. The molecule has 0 heterocycles. The molecule has 2 rings (SSSR count). The Morgan fingerprint density at radius 2 is 1.60 bits per heavy atom. The third-order valence-corrected chi connectivity index (χ3v) is 4.69. The number of hydrogen-bond acceptors (Lipinski definition) is 6. The van der Waals surface area contributed by atoms with E-state index in [4.69, 9.17) is 13.7 Å². The van der Waals surface area contributed by atoms with Crippen molar-refractivity contribution in [1.82, 2.24) is 0 Å². The minimum atomic E-state index is -3.46. The minimum Gasteiger partial charge on any atom is -0.489 e. The van der Waals surface area contributed by atoms with Gasteiger partial charge in [0.1, 0.15) is 12.4 Å². The lowest BCUT2D eigenvalue weighted by Crippen LogP contribution is -2.09. The molecule has 0 fully saturated rings. The zero-order valence-electron chi connectivity index (χ0n) is 17.4. The molecule has 0 saturated carbocycles. The molecule has 2 aromatic carbocycles. The minimum absolute atomic E-state index is 0.00898. The van der Waals surface area contributed by atoms with Gasteiger partial charge >= 0.3 is 5.97 Å². The average Bonchev–Trinajstić information content (AvgIpc) is 2.71. The van der Waals surface area contributed by atoms with E-state index in [0.717, 1.165) is 22.9 Å². The lowest BCUT2D eigenvalue weighted by atomic mass is 9.96. The molecule has 0 saturated heterocycles. The SMILES string of the molecule is CC#CC(CC(=O)OCC)c1ccc(OCc2ccc(COS(C)(=O)=O)cc2)cc1. The molecule has 6 nitrogen and oxygen atoms in total. The number of hydrogen-bond donors (Lipinski definition) is 0. The van der Waals surface area contributed by atoms with Crippen LogP contribution in [0.3, 0.4) is 0 Å². The predicted molar refractivity (Wildman–Crippen MR) is 114 cm³/mol. The van der Waals surface area contributed by atoms with Gasteiger partial charge in [-0.25, -0.2) is 0 Å². The van der Waals surface area contributed by atoms with Crippen LogP contribution in [-0.2, 0) is 37.0 Å². The highest BCUT2D eigenvalue weighted by Gasteiger charge is 2.15. The number of benzene rings is 2. The van der Waals surface area contributed by atoms with Crippen molar-refractivity contribution in [2.45, 2.75) is 39.4 Å². The Morgan fingerprint density at radius 3 is 2.13 bits per heavy atom. The molecular formula is C23H26O6S. The van der Waals surface area contributed by atoms with E-state index in [0.29, 0.717) is 19.0 Å². The van der Waals surface area contributed by atoms with E-state index >= 15 is 0 Å². The molecule has 1 unspecified atom stereocenters. The zero-order chi connectivity index (χ0) is 22.0. The van der Waals surface area contributed by atoms with Crippen molar-refractivity contribution in [3.05, 3.63) is 65.2 Å². The normalized spacial score (nSPS) is 11.8. The van der Waals surface area contributed by atoms with Gasteiger partial charge in [0.2, 0.25) is 0 Å². The van der Waals surface area contributed by atoms with Crippen molar-refractivity contribution in [2.75, 3.05) is 12.9 Å². The molecule has 0 aliphatic carbocycles. The number of rotatable bonds is 10. The fourth-order valence-corrected chi connectivity index (χ4v) is 3.03. The predicted octanol–water partition coefficient (Wildman–Crippen LogP) is 3.80. The summed E-state index contributed by atoms with van der Waals surface area (Å²) >= 11 is 0. The Hall–Kier alpha value is -2.82. The van der Waals surface area contributed by atoms with Gasteiger partial charge in [0.05, 0.1) is 31.8 Å². The summed E-state index contributed by atoms with van der Waals surface area (Å²) in [5, 5.41) is 0. The summed E-state index contributed by atoms with van der Waals surface area (Å²) in [6, 6.07) is 14.8. The van der Waals surface area contributed by atoms with Crippen LogP contribution >= 0.6 is 0 Å². The highest BCUT2D eigenvalue weighted by atomic mass is 32.2. The summed E-state index contributed by atoms with van der Waals surface area (Å²) in [5.74, 6) is 6.13. The second-order valence-electron chi connectivity index (χ2n) is 6.60. The van der Waals surface area contributed by atoms with E-state index in [1.54, 1.807) is 26.0 Å². The number of esters is 1. The summed E-state index contributed by atoms with van der Waals surface area (Å²) in [5.41, 5.74) is 2.64. The van der Waals surface area contributed by atoms with Gasteiger partial charge in [-0.15, -0.1) is 5.92 Å². The van der Waals surface area contributed by atoms with E-state index in [9.17, 15) is 13.2 Å². The first-order chi connectivity index (χ1) is 14.3. The second-order valence-corrected chi connectivity index (χ2v) is 8.24. The van der Waals surface area contributed by atoms with Gasteiger partial charge in [0, 0.05) is 0 Å². The maximum Gasteiger partial charge on any atom is 0.307 e. The van der Waals surface area contributed by atoms with E-state index in [1.165, 1.54) is 0 Å². The van der Waals surface area contributed by atoms with Crippen molar-refractivity contribution in [3.63, 3.8) is 0 Å². The molecule has 0 radical (unpaired) electrons. The first-order valence-corrected chi connectivity index (χ1v) is 11.3. The lowest BCUT2D eigenvalue weighted by Gasteiger charge is -2.12. The third kappa shape index (κ3) is 8.27. The molecule has 30 heavy (non-hydrogen) atoms. The fourth-order valence-electron chi connectivity index (χ4n) is 2.68. The van der Waals surface area contributed by atoms with Crippen LogP contribution in [0.5, 0.6) is 5.75 Å². The van der Waals surface area contributed by atoms with Crippen LogP contribution in [0.15, 0.2) is 48.5 Å². The van der Waals surface area contributed by atoms with E-state index in [1.807, 2.05) is 36.4 Å². The van der Waals surface area contributed by atoms with Gasteiger partial charge in [0.25, 0.3) is 10.1 Å². The number of carbonyl (C=O) groups excluding carboxylic acids is 1. The monoisotopic (exact) mass is 430 g/mol. The van der Waals surface area contributed by atoms with Crippen molar-refractivity contribution < 1.29 is 26.9 Å².